The lowest BCUT2D eigenvalue weighted by atomic mass is 9.91. The first-order valence-electron chi connectivity index (χ1n) is 8.45. The van der Waals surface area contributed by atoms with E-state index < -0.39 is 0 Å². The highest BCUT2D eigenvalue weighted by atomic mass is 79.9. The van der Waals surface area contributed by atoms with Crippen molar-refractivity contribution in [1.82, 2.24) is 15.3 Å². The third kappa shape index (κ3) is 4.76. The molecule has 0 bridgehead atoms. The second-order valence-electron chi connectivity index (χ2n) is 6.53. The summed E-state index contributed by atoms with van der Waals surface area (Å²) in [4.78, 5) is 23.0. The molecule has 1 amide bonds. The first-order valence-corrected chi connectivity index (χ1v) is 10.0. The minimum atomic E-state index is -0.185. The molecule has 140 valence electrons. The van der Waals surface area contributed by atoms with E-state index in [1.54, 1.807) is 12.3 Å². The summed E-state index contributed by atoms with van der Waals surface area (Å²) in [5, 5.41) is 6.44. The van der Waals surface area contributed by atoms with Crippen molar-refractivity contribution < 1.29 is 9.21 Å². The Morgan fingerprint density at radius 2 is 1.92 bits per heavy atom. The van der Waals surface area contributed by atoms with Gasteiger partial charge in [-0.15, -0.1) is 0 Å². The van der Waals surface area contributed by atoms with E-state index in [-0.39, 0.29) is 11.9 Å². The lowest BCUT2D eigenvalue weighted by molar-refractivity contribution is 0.0897. The molecule has 0 radical (unpaired) electrons. The lowest BCUT2D eigenvalue weighted by Crippen LogP contribution is -2.40. The summed E-state index contributed by atoms with van der Waals surface area (Å²) in [5.41, 5.74) is 0. The van der Waals surface area contributed by atoms with Crippen molar-refractivity contribution in [2.75, 3.05) is 24.3 Å². The van der Waals surface area contributed by atoms with Crippen LogP contribution in [-0.4, -0.2) is 42.1 Å². The first kappa shape index (κ1) is 19.2. The van der Waals surface area contributed by atoms with Crippen molar-refractivity contribution in [3.8, 4) is 0 Å². The number of nitrogens with one attached hydrogen (secondary N) is 2. The van der Waals surface area contributed by atoms with Crippen LogP contribution in [0.5, 0.6) is 0 Å². The Morgan fingerprint density at radius 1 is 1.23 bits per heavy atom. The molecule has 2 N–H and O–H groups in total. The maximum Gasteiger partial charge on any atom is 0.287 e. The Labute approximate surface area is 169 Å². The zero-order chi connectivity index (χ0) is 18.7. The molecule has 1 fully saturated rings. The van der Waals surface area contributed by atoms with Gasteiger partial charge in [-0.3, -0.25) is 4.79 Å². The first-order chi connectivity index (χ1) is 12.4. The van der Waals surface area contributed by atoms with Crippen LogP contribution in [0, 0.1) is 0 Å². The van der Waals surface area contributed by atoms with Crippen LogP contribution < -0.4 is 15.5 Å². The number of carbonyl (C=O) groups excluding carboxylic acids is 1. The summed E-state index contributed by atoms with van der Waals surface area (Å²) in [6.07, 6.45) is 5.47. The Morgan fingerprint density at radius 3 is 2.54 bits per heavy atom. The number of anilines is 2. The molecular formula is C17H21Br2N5O2. The average Bonchev–Trinajstić information content (AvgIpc) is 2.96. The van der Waals surface area contributed by atoms with Crippen molar-refractivity contribution in [3.05, 3.63) is 33.2 Å². The number of rotatable bonds is 5. The third-order valence-corrected chi connectivity index (χ3v) is 6.07. The summed E-state index contributed by atoms with van der Waals surface area (Å²) in [7, 11) is 3.91. The number of nitrogens with zero attached hydrogens (tertiary/aromatic N) is 3. The van der Waals surface area contributed by atoms with Gasteiger partial charge in [-0.1, -0.05) is 0 Å². The number of halogens is 2. The minimum absolute atomic E-state index is 0.150. The largest absolute Gasteiger partial charge is 0.443 e. The summed E-state index contributed by atoms with van der Waals surface area (Å²) >= 11 is 6.57. The van der Waals surface area contributed by atoms with Crippen LogP contribution in [0.2, 0.25) is 0 Å². The fourth-order valence-corrected chi connectivity index (χ4v) is 3.53. The van der Waals surface area contributed by atoms with Crippen molar-refractivity contribution in [1.29, 1.82) is 0 Å². The van der Waals surface area contributed by atoms with Crippen LogP contribution in [0.15, 0.2) is 31.9 Å². The van der Waals surface area contributed by atoms with Crippen molar-refractivity contribution in [3.63, 3.8) is 0 Å². The van der Waals surface area contributed by atoms with E-state index in [1.165, 1.54) is 0 Å². The average molecular weight is 487 g/mol. The zero-order valence-corrected chi connectivity index (χ0v) is 17.8. The molecule has 2 heterocycles. The lowest BCUT2D eigenvalue weighted by Gasteiger charge is -2.29. The second-order valence-corrected chi connectivity index (χ2v) is 8.11. The fourth-order valence-electron chi connectivity index (χ4n) is 2.95. The molecule has 0 unspecified atom stereocenters. The van der Waals surface area contributed by atoms with Crippen LogP contribution in [0.4, 0.5) is 11.8 Å². The molecule has 1 aliphatic rings. The van der Waals surface area contributed by atoms with Gasteiger partial charge in [0.2, 0.25) is 5.95 Å². The predicted octanol–water partition coefficient (Wildman–Crippen LogP) is 3.81. The molecule has 2 aromatic rings. The van der Waals surface area contributed by atoms with Crippen molar-refractivity contribution >= 4 is 49.5 Å². The number of hydrogen-bond donors (Lipinski definition) is 2. The van der Waals surface area contributed by atoms with Gasteiger partial charge in [0.25, 0.3) is 5.91 Å². The summed E-state index contributed by atoms with van der Waals surface area (Å²) in [6, 6.07) is 4.01. The molecule has 7 nitrogen and oxygen atoms in total. The summed E-state index contributed by atoms with van der Waals surface area (Å²) in [5.74, 6) is 1.64. The normalized spacial score (nSPS) is 19.8. The second kappa shape index (κ2) is 8.39. The van der Waals surface area contributed by atoms with Gasteiger partial charge in [-0.2, -0.15) is 4.98 Å². The van der Waals surface area contributed by atoms with Gasteiger partial charge in [-0.05, 0) is 63.6 Å². The van der Waals surface area contributed by atoms with Gasteiger partial charge >= 0.3 is 0 Å². The van der Waals surface area contributed by atoms with Crippen molar-refractivity contribution in [2.45, 2.75) is 37.8 Å². The van der Waals surface area contributed by atoms with E-state index in [0.29, 0.717) is 22.4 Å². The quantitative estimate of drug-likeness (QED) is 0.668. The number of amides is 1. The predicted molar refractivity (Wildman–Crippen MR) is 108 cm³/mol. The van der Waals surface area contributed by atoms with E-state index in [4.69, 9.17) is 4.42 Å². The monoisotopic (exact) mass is 485 g/mol. The highest BCUT2D eigenvalue weighted by Gasteiger charge is 2.24. The van der Waals surface area contributed by atoms with Crippen LogP contribution in [0.25, 0.3) is 0 Å². The fraction of sp³-hybridized carbons (Fsp3) is 0.471. The molecule has 3 rings (SSSR count). The smallest absolute Gasteiger partial charge is 0.287 e. The number of aromatic nitrogens is 2. The molecular weight excluding hydrogens is 466 g/mol. The Kier molecular flexibility index (Phi) is 6.18. The molecule has 9 heteroatoms. The van der Waals surface area contributed by atoms with E-state index >= 15 is 0 Å². The molecule has 0 aliphatic heterocycles. The van der Waals surface area contributed by atoms with E-state index in [9.17, 15) is 4.79 Å². The Bertz CT molecular complexity index is 753. The molecule has 26 heavy (non-hydrogen) atoms. The molecule has 0 spiro atoms. The molecule has 0 saturated heterocycles. The van der Waals surface area contributed by atoms with Crippen molar-refractivity contribution in [2.24, 2.45) is 0 Å². The molecule has 0 aromatic carbocycles. The Hall–Kier alpha value is -1.61. The summed E-state index contributed by atoms with van der Waals surface area (Å²) < 4.78 is 6.63. The molecule has 1 aliphatic carbocycles. The molecule has 0 atom stereocenters. The number of hydrogen-bond acceptors (Lipinski definition) is 6. The number of carbonyl (C=O) groups is 1. The SMILES string of the molecule is CN(C)c1ccnc(NC2CCC(NC(=O)c3cc(Br)c(Br)o3)CC2)n1. The van der Waals surface area contributed by atoms with Crippen LogP contribution in [0.3, 0.4) is 0 Å². The van der Waals surface area contributed by atoms with Crippen LogP contribution in [0.1, 0.15) is 36.2 Å². The Balaban J connectivity index is 1.49. The van der Waals surface area contributed by atoms with Gasteiger partial charge in [0.05, 0.1) is 4.47 Å². The highest BCUT2D eigenvalue weighted by Crippen LogP contribution is 2.27. The van der Waals surface area contributed by atoms with Gasteiger partial charge in [0, 0.05) is 38.4 Å². The highest BCUT2D eigenvalue weighted by molar-refractivity contribution is 9.13. The zero-order valence-electron chi connectivity index (χ0n) is 14.6. The van der Waals surface area contributed by atoms with E-state index in [2.05, 4.69) is 52.5 Å². The number of furan rings is 1. The topological polar surface area (TPSA) is 83.3 Å². The van der Waals surface area contributed by atoms with Gasteiger partial charge in [0.15, 0.2) is 10.4 Å². The third-order valence-electron chi connectivity index (χ3n) is 4.36. The standard InChI is InChI=1S/C17H21Br2N5O2/c1-24(2)14-7-8-20-17(23-14)22-11-5-3-10(4-6-11)21-16(25)13-9-12(18)15(19)26-13/h7-11H,3-6H2,1-2H3,(H,21,25)(H,20,22,23). The molecule has 2 aromatic heterocycles. The minimum Gasteiger partial charge on any atom is -0.443 e. The molecule has 1 saturated carbocycles. The van der Waals surface area contributed by atoms with Gasteiger partial charge < -0.3 is 20.0 Å². The maximum absolute atomic E-state index is 12.3. The van der Waals surface area contributed by atoms with Gasteiger partial charge in [0.1, 0.15) is 5.82 Å². The van der Waals surface area contributed by atoms with Crippen LogP contribution >= 0.6 is 31.9 Å². The summed E-state index contributed by atoms with van der Waals surface area (Å²) in [6.45, 7) is 0. The van der Waals surface area contributed by atoms with Crippen LogP contribution in [-0.2, 0) is 0 Å². The maximum atomic E-state index is 12.3. The van der Waals surface area contributed by atoms with E-state index in [0.717, 1.165) is 36.0 Å². The van der Waals surface area contributed by atoms with Gasteiger partial charge in [-0.25, -0.2) is 4.98 Å². The van der Waals surface area contributed by atoms with E-state index in [1.807, 2.05) is 25.1 Å².